The van der Waals surface area contributed by atoms with Gasteiger partial charge in [-0.3, -0.25) is 4.99 Å². The van der Waals surface area contributed by atoms with Crippen molar-refractivity contribution in [1.82, 2.24) is 15.5 Å². The lowest BCUT2D eigenvalue weighted by molar-refractivity contribution is -0.137. The Morgan fingerprint density at radius 1 is 1.15 bits per heavy atom. The molecule has 0 spiro atoms. The zero-order chi connectivity index (χ0) is 19.0. The number of halogens is 3. The lowest BCUT2D eigenvalue weighted by Gasteiger charge is -2.31. The summed E-state index contributed by atoms with van der Waals surface area (Å²) in [6.45, 7) is 6.99. The van der Waals surface area contributed by atoms with E-state index >= 15 is 0 Å². The molecule has 4 nitrogen and oxygen atoms in total. The van der Waals surface area contributed by atoms with E-state index in [1.165, 1.54) is 38.1 Å². The van der Waals surface area contributed by atoms with Gasteiger partial charge in [0.05, 0.1) is 5.56 Å². The summed E-state index contributed by atoms with van der Waals surface area (Å²) in [5, 5.41) is 6.44. The molecule has 1 aliphatic heterocycles. The van der Waals surface area contributed by atoms with Gasteiger partial charge in [0.25, 0.3) is 0 Å². The summed E-state index contributed by atoms with van der Waals surface area (Å²) in [5.74, 6) is 1.43. The first-order chi connectivity index (χ1) is 12.4. The molecule has 1 aliphatic rings. The first kappa shape index (κ1) is 20.6. The number of nitrogens with one attached hydrogen (secondary N) is 2. The van der Waals surface area contributed by atoms with Gasteiger partial charge in [-0.1, -0.05) is 19.1 Å². The van der Waals surface area contributed by atoms with Gasteiger partial charge in [-0.25, -0.2) is 0 Å². The van der Waals surface area contributed by atoms with Gasteiger partial charge >= 0.3 is 6.18 Å². The Morgan fingerprint density at radius 3 is 2.35 bits per heavy atom. The van der Waals surface area contributed by atoms with Gasteiger partial charge in [0.2, 0.25) is 0 Å². The average Bonchev–Trinajstić information content (AvgIpc) is 2.64. The maximum atomic E-state index is 12.6. The van der Waals surface area contributed by atoms with Gasteiger partial charge in [-0.05, 0) is 62.5 Å². The van der Waals surface area contributed by atoms with Crippen molar-refractivity contribution in [3.05, 3.63) is 35.4 Å². The first-order valence-corrected chi connectivity index (χ1v) is 9.25. The normalized spacial score (nSPS) is 17.3. The molecule has 1 aromatic rings. The summed E-state index contributed by atoms with van der Waals surface area (Å²) in [6, 6.07) is 5.20. The Kier molecular flexibility index (Phi) is 7.75. The number of hydrogen-bond acceptors (Lipinski definition) is 2. The first-order valence-electron chi connectivity index (χ1n) is 9.25. The largest absolute Gasteiger partial charge is 0.416 e. The van der Waals surface area contributed by atoms with Crippen LogP contribution >= 0.6 is 0 Å². The van der Waals surface area contributed by atoms with Gasteiger partial charge < -0.3 is 15.5 Å². The molecule has 146 valence electrons. The van der Waals surface area contributed by atoms with E-state index in [2.05, 4.69) is 27.4 Å². The van der Waals surface area contributed by atoms with Gasteiger partial charge in [0, 0.05) is 20.1 Å². The van der Waals surface area contributed by atoms with E-state index in [1.54, 1.807) is 7.05 Å². The second kappa shape index (κ2) is 9.80. The van der Waals surface area contributed by atoms with Crippen LogP contribution in [0.2, 0.25) is 0 Å². The maximum absolute atomic E-state index is 12.6. The second-order valence-electron chi connectivity index (χ2n) is 6.71. The third-order valence-electron chi connectivity index (χ3n) is 4.96. The molecule has 0 radical (unpaired) electrons. The molecule has 0 aliphatic carbocycles. The molecule has 1 heterocycles. The number of piperidine rings is 1. The molecule has 1 aromatic carbocycles. The minimum absolute atomic E-state index is 0.437. The molecule has 1 fully saturated rings. The van der Waals surface area contributed by atoms with Crippen LogP contribution in [0, 0.1) is 5.92 Å². The molecule has 7 heteroatoms. The van der Waals surface area contributed by atoms with Crippen LogP contribution in [0.15, 0.2) is 29.3 Å². The molecule has 26 heavy (non-hydrogen) atoms. The van der Waals surface area contributed by atoms with E-state index in [1.807, 2.05) is 0 Å². The van der Waals surface area contributed by atoms with Gasteiger partial charge in [-0.15, -0.1) is 0 Å². The molecule has 1 saturated heterocycles. The van der Waals surface area contributed by atoms with Crippen molar-refractivity contribution in [1.29, 1.82) is 0 Å². The summed E-state index contributed by atoms with van der Waals surface area (Å²) < 4.78 is 37.7. The Bertz CT molecular complexity index is 561. The van der Waals surface area contributed by atoms with Crippen molar-refractivity contribution in [3.8, 4) is 0 Å². The Morgan fingerprint density at radius 2 is 1.81 bits per heavy atom. The minimum Gasteiger partial charge on any atom is -0.356 e. The fraction of sp³-hybridized carbons (Fsp3) is 0.632. The van der Waals surface area contributed by atoms with E-state index in [9.17, 15) is 13.2 Å². The smallest absolute Gasteiger partial charge is 0.356 e. The molecule has 0 bridgehead atoms. The highest BCUT2D eigenvalue weighted by Crippen LogP contribution is 2.29. The Balaban J connectivity index is 1.69. The number of alkyl halides is 3. The minimum atomic E-state index is -4.29. The number of nitrogens with zero attached hydrogens (tertiary/aromatic N) is 2. The van der Waals surface area contributed by atoms with Crippen LogP contribution < -0.4 is 10.6 Å². The topological polar surface area (TPSA) is 39.7 Å². The third-order valence-corrected chi connectivity index (χ3v) is 4.96. The highest BCUT2D eigenvalue weighted by atomic mass is 19.4. The van der Waals surface area contributed by atoms with Crippen LogP contribution in [0.1, 0.15) is 37.3 Å². The molecule has 0 aromatic heterocycles. The van der Waals surface area contributed by atoms with Crippen molar-refractivity contribution in [3.63, 3.8) is 0 Å². The molecule has 2 rings (SSSR count). The second-order valence-corrected chi connectivity index (χ2v) is 6.71. The number of guanidine groups is 1. The maximum Gasteiger partial charge on any atom is 0.416 e. The fourth-order valence-corrected chi connectivity index (χ4v) is 3.20. The highest BCUT2D eigenvalue weighted by Gasteiger charge is 2.29. The van der Waals surface area contributed by atoms with E-state index in [0.717, 1.165) is 43.1 Å². The van der Waals surface area contributed by atoms with E-state index < -0.39 is 11.7 Å². The van der Waals surface area contributed by atoms with Gasteiger partial charge in [0.1, 0.15) is 0 Å². The van der Waals surface area contributed by atoms with Crippen LogP contribution in [0.25, 0.3) is 0 Å². The SMILES string of the molecule is CCN1CCC(CCNC(=NC)NCc2ccc(C(F)(F)F)cc2)CC1. The predicted molar refractivity (Wildman–Crippen MR) is 99.1 cm³/mol. The van der Waals surface area contributed by atoms with Crippen LogP contribution in [0.4, 0.5) is 13.2 Å². The lowest BCUT2D eigenvalue weighted by Crippen LogP contribution is -2.39. The Labute approximate surface area is 153 Å². The van der Waals surface area contributed by atoms with Crippen LogP contribution in [0.3, 0.4) is 0 Å². The number of rotatable bonds is 6. The standard InChI is InChI=1S/C19H29F3N4/c1-3-26-12-9-15(10-13-26)8-11-24-18(23-2)25-14-16-4-6-17(7-5-16)19(20,21)22/h4-7,15H,3,8-14H2,1-2H3,(H2,23,24,25). The summed E-state index contributed by atoms with van der Waals surface area (Å²) in [5.41, 5.74) is 0.158. The molecular weight excluding hydrogens is 341 g/mol. The van der Waals surface area contributed by atoms with Crippen molar-refractivity contribution in [2.45, 2.75) is 38.9 Å². The average molecular weight is 370 g/mol. The fourth-order valence-electron chi connectivity index (χ4n) is 3.20. The number of hydrogen-bond donors (Lipinski definition) is 2. The van der Waals surface area contributed by atoms with Crippen molar-refractivity contribution in [2.24, 2.45) is 10.9 Å². The molecular formula is C19H29F3N4. The zero-order valence-corrected chi connectivity index (χ0v) is 15.6. The zero-order valence-electron chi connectivity index (χ0n) is 15.6. The van der Waals surface area contributed by atoms with Crippen molar-refractivity contribution in [2.75, 3.05) is 33.2 Å². The number of benzene rings is 1. The molecule has 2 N–H and O–H groups in total. The highest BCUT2D eigenvalue weighted by molar-refractivity contribution is 5.79. The third kappa shape index (κ3) is 6.52. The summed E-state index contributed by atoms with van der Waals surface area (Å²) in [7, 11) is 1.70. The molecule has 0 unspecified atom stereocenters. The van der Waals surface area contributed by atoms with Crippen molar-refractivity contribution < 1.29 is 13.2 Å². The van der Waals surface area contributed by atoms with Crippen LogP contribution in [-0.4, -0.2) is 44.1 Å². The quantitative estimate of drug-likeness (QED) is 0.595. The van der Waals surface area contributed by atoms with Crippen LogP contribution in [-0.2, 0) is 12.7 Å². The molecule has 0 amide bonds. The summed E-state index contributed by atoms with van der Waals surface area (Å²) in [4.78, 5) is 6.65. The molecule has 0 saturated carbocycles. The number of aliphatic imine (C=N–C) groups is 1. The van der Waals surface area contributed by atoms with Crippen molar-refractivity contribution >= 4 is 5.96 Å². The van der Waals surface area contributed by atoms with Gasteiger partial charge in [0.15, 0.2) is 5.96 Å². The summed E-state index contributed by atoms with van der Waals surface area (Å²) >= 11 is 0. The monoisotopic (exact) mass is 370 g/mol. The van der Waals surface area contributed by atoms with E-state index in [-0.39, 0.29) is 0 Å². The molecule has 0 atom stereocenters. The lowest BCUT2D eigenvalue weighted by atomic mass is 9.93. The predicted octanol–water partition coefficient (Wildman–Crippen LogP) is 3.49. The summed E-state index contributed by atoms with van der Waals surface area (Å²) in [6.07, 6.45) is -0.699. The van der Waals surface area contributed by atoms with Gasteiger partial charge in [-0.2, -0.15) is 13.2 Å². The number of likely N-dealkylation sites (tertiary alicyclic amines) is 1. The Hall–Kier alpha value is -1.76. The van der Waals surface area contributed by atoms with E-state index in [0.29, 0.717) is 12.5 Å². The van der Waals surface area contributed by atoms with E-state index in [4.69, 9.17) is 0 Å². The van der Waals surface area contributed by atoms with Crippen LogP contribution in [0.5, 0.6) is 0 Å².